The molecule has 1 unspecified atom stereocenters. The molecule has 0 aliphatic carbocycles. The van der Waals surface area contributed by atoms with E-state index in [0.29, 0.717) is 12.5 Å². The number of ether oxygens (including phenoxy) is 1. The SMILES string of the molecule is O=C(O)CC1COC(c2ccccc2Br)=N1. The van der Waals surface area contributed by atoms with Gasteiger partial charge < -0.3 is 9.84 Å². The highest BCUT2D eigenvalue weighted by Crippen LogP contribution is 2.21. The van der Waals surface area contributed by atoms with Crippen LogP contribution in [0.4, 0.5) is 0 Å². The van der Waals surface area contributed by atoms with Crippen LogP contribution in [0.15, 0.2) is 33.7 Å². The number of halogens is 1. The van der Waals surface area contributed by atoms with Gasteiger partial charge in [0.05, 0.1) is 18.0 Å². The number of aliphatic carboxylic acids is 1. The lowest BCUT2D eigenvalue weighted by atomic mass is 10.2. The van der Waals surface area contributed by atoms with Crippen molar-refractivity contribution in [3.63, 3.8) is 0 Å². The van der Waals surface area contributed by atoms with Crippen LogP contribution in [0.3, 0.4) is 0 Å². The van der Waals surface area contributed by atoms with Gasteiger partial charge in [0.25, 0.3) is 0 Å². The van der Waals surface area contributed by atoms with E-state index >= 15 is 0 Å². The van der Waals surface area contributed by atoms with Crippen LogP contribution in [-0.2, 0) is 9.53 Å². The Morgan fingerprint density at radius 3 is 3.00 bits per heavy atom. The van der Waals surface area contributed by atoms with E-state index < -0.39 is 5.97 Å². The lowest BCUT2D eigenvalue weighted by molar-refractivity contribution is -0.137. The Morgan fingerprint density at radius 2 is 2.31 bits per heavy atom. The molecule has 16 heavy (non-hydrogen) atoms. The van der Waals surface area contributed by atoms with Crippen molar-refractivity contribution in [2.75, 3.05) is 6.61 Å². The first kappa shape index (κ1) is 11.1. The number of benzene rings is 1. The molecule has 1 aromatic rings. The van der Waals surface area contributed by atoms with E-state index in [0.717, 1.165) is 10.0 Å². The zero-order chi connectivity index (χ0) is 11.5. The predicted octanol–water partition coefficient (Wildman–Crippen LogP) is 2.07. The van der Waals surface area contributed by atoms with E-state index in [1.54, 1.807) is 0 Å². The minimum absolute atomic E-state index is 0.00789. The maximum atomic E-state index is 10.5. The van der Waals surface area contributed by atoms with Gasteiger partial charge in [0.15, 0.2) is 0 Å². The third kappa shape index (κ3) is 2.41. The molecule has 1 atom stereocenters. The molecule has 0 spiro atoms. The minimum Gasteiger partial charge on any atom is -0.481 e. The monoisotopic (exact) mass is 283 g/mol. The van der Waals surface area contributed by atoms with Crippen molar-refractivity contribution in [1.29, 1.82) is 0 Å². The van der Waals surface area contributed by atoms with Gasteiger partial charge in [-0.25, -0.2) is 4.99 Å². The van der Waals surface area contributed by atoms with Gasteiger partial charge in [0, 0.05) is 4.47 Å². The second-order valence-corrected chi connectivity index (χ2v) is 4.33. The second-order valence-electron chi connectivity index (χ2n) is 3.48. The van der Waals surface area contributed by atoms with E-state index in [1.165, 1.54) is 0 Å². The largest absolute Gasteiger partial charge is 0.481 e. The third-order valence-corrected chi connectivity index (χ3v) is 2.92. The van der Waals surface area contributed by atoms with Crippen molar-refractivity contribution in [3.8, 4) is 0 Å². The number of hydrogen-bond donors (Lipinski definition) is 1. The summed E-state index contributed by atoms with van der Waals surface area (Å²) >= 11 is 3.40. The van der Waals surface area contributed by atoms with E-state index in [4.69, 9.17) is 9.84 Å². The van der Waals surface area contributed by atoms with Crippen molar-refractivity contribution >= 4 is 27.8 Å². The van der Waals surface area contributed by atoms with Crippen LogP contribution < -0.4 is 0 Å². The number of nitrogens with zero attached hydrogens (tertiary/aromatic N) is 1. The normalized spacial score (nSPS) is 19.1. The fourth-order valence-electron chi connectivity index (χ4n) is 1.50. The molecule has 1 heterocycles. The summed E-state index contributed by atoms with van der Waals surface area (Å²) in [5, 5.41) is 8.65. The molecular weight excluding hydrogens is 274 g/mol. The molecule has 0 radical (unpaired) electrons. The molecule has 0 fully saturated rings. The highest BCUT2D eigenvalue weighted by Gasteiger charge is 2.23. The van der Waals surface area contributed by atoms with Gasteiger partial charge in [-0.05, 0) is 28.1 Å². The van der Waals surface area contributed by atoms with Crippen LogP contribution in [0, 0.1) is 0 Å². The van der Waals surface area contributed by atoms with Crippen LogP contribution in [0.2, 0.25) is 0 Å². The average molecular weight is 284 g/mol. The zero-order valence-corrected chi connectivity index (χ0v) is 9.98. The maximum Gasteiger partial charge on any atom is 0.305 e. The number of aliphatic imine (C=N–C) groups is 1. The number of carboxylic acids is 1. The average Bonchev–Trinajstić information content (AvgIpc) is 2.66. The van der Waals surface area contributed by atoms with E-state index in [1.807, 2.05) is 24.3 Å². The van der Waals surface area contributed by atoms with Crippen molar-refractivity contribution < 1.29 is 14.6 Å². The summed E-state index contributed by atoms with van der Waals surface area (Å²) in [6.45, 7) is 0.336. The number of carbonyl (C=O) groups is 1. The first-order chi connectivity index (χ1) is 7.66. The second kappa shape index (κ2) is 4.65. The molecule has 1 aliphatic heterocycles. The summed E-state index contributed by atoms with van der Waals surface area (Å²) in [6.07, 6.45) is 0.00789. The van der Waals surface area contributed by atoms with Crippen LogP contribution in [0.25, 0.3) is 0 Å². The topological polar surface area (TPSA) is 58.9 Å². The lowest BCUT2D eigenvalue weighted by Crippen LogP contribution is -2.12. The molecule has 1 aliphatic rings. The van der Waals surface area contributed by atoms with E-state index in [-0.39, 0.29) is 12.5 Å². The smallest absolute Gasteiger partial charge is 0.305 e. The molecule has 0 bridgehead atoms. The molecule has 0 saturated carbocycles. The Morgan fingerprint density at radius 1 is 1.56 bits per heavy atom. The van der Waals surface area contributed by atoms with Gasteiger partial charge in [-0.3, -0.25) is 4.79 Å². The lowest BCUT2D eigenvalue weighted by Gasteiger charge is -2.02. The summed E-state index contributed by atoms with van der Waals surface area (Å²) < 4.78 is 6.28. The van der Waals surface area contributed by atoms with Gasteiger partial charge >= 0.3 is 5.97 Å². The molecule has 0 saturated heterocycles. The number of carboxylic acid groups (broad SMARTS) is 1. The molecule has 1 aromatic carbocycles. The van der Waals surface area contributed by atoms with Gasteiger partial charge in [0.2, 0.25) is 5.90 Å². The van der Waals surface area contributed by atoms with Gasteiger partial charge in [-0.1, -0.05) is 12.1 Å². The summed E-state index contributed by atoms with van der Waals surface area (Å²) in [6, 6.07) is 7.28. The van der Waals surface area contributed by atoms with Crippen LogP contribution in [0.1, 0.15) is 12.0 Å². The van der Waals surface area contributed by atoms with Gasteiger partial charge in [0.1, 0.15) is 6.61 Å². The molecule has 1 N–H and O–H groups in total. The molecular formula is C11H10BrNO3. The fourth-order valence-corrected chi connectivity index (χ4v) is 1.96. The Balaban J connectivity index is 2.18. The highest BCUT2D eigenvalue weighted by atomic mass is 79.9. The zero-order valence-electron chi connectivity index (χ0n) is 8.39. The van der Waals surface area contributed by atoms with Gasteiger partial charge in [-0.15, -0.1) is 0 Å². The van der Waals surface area contributed by atoms with Crippen molar-refractivity contribution in [1.82, 2.24) is 0 Å². The first-order valence-electron chi connectivity index (χ1n) is 4.84. The van der Waals surface area contributed by atoms with Crippen LogP contribution >= 0.6 is 15.9 Å². The van der Waals surface area contributed by atoms with Crippen molar-refractivity contribution in [2.45, 2.75) is 12.5 Å². The molecule has 0 amide bonds. The summed E-state index contributed by atoms with van der Waals surface area (Å²) in [7, 11) is 0. The van der Waals surface area contributed by atoms with Gasteiger partial charge in [-0.2, -0.15) is 0 Å². The standard InChI is InChI=1S/C11H10BrNO3/c12-9-4-2-1-3-8(9)11-13-7(6-16-11)5-10(14)15/h1-4,7H,5-6H2,(H,14,15). The van der Waals surface area contributed by atoms with Crippen molar-refractivity contribution in [2.24, 2.45) is 4.99 Å². The first-order valence-corrected chi connectivity index (χ1v) is 5.63. The molecule has 5 heteroatoms. The molecule has 2 rings (SSSR count). The summed E-state index contributed by atoms with van der Waals surface area (Å²) in [5.41, 5.74) is 0.857. The highest BCUT2D eigenvalue weighted by molar-refractivity contribution is 9.10. The maximum absolute atomic E-state index is 10.5. The molecule has 4 nitrogen and oxygen atoms in total. The third-order valence-electron chi connectivity index (χ3n) is 2.23. The van der Waals surface area contributed by atoms with Crippen LogP contribution in [-0.4, -0.2) is 29.6 Å². The summed E-state index contributed by atoms with van der Waals surface area (Å²) in [5.74, 6) is -0.343. The Hall–Kier alpha value is -1.36. The number of hydrogen-bond acceptors (Lipinski definition) is 3. The van der Waals surface area contributed by atoms with E-state index in [2.05, 4.69) is 20.9 Å². The predicted molar refractivity (Wildman–Crippen MR) is 62.7 cm³/mol. The van der Waals surface area contributed by atoms with Crippen molar-refractivity contribution in [3.05, 3.63) is 34.3 Å². The molecule has 0 aromatic heterocycles. The van der Waals surface area contributed by atoms with Crippen LogP contribution in [0.5, 0.6) is 0 Å². The Bertz CT molecular complexity index is 445. The minimum atomic E-state index is -0.856. The Kier molecular flexibility index (Phi) is 3.24. The summed E-state index contributed by atoms with van der Waals surface area (Å²) in [4.78, 5) is 14.8. The molecule has 84 valence electrons. The quantitative estimate of drug-likeness (QED) is 0.924. The fraction of sp³-hybridized carbons (Fsp3) is 0.273. The number of rotatable bonds is 3. The Labute approximate surface area is 101 Å². The van der Waals surface area contributed by atoms with E-state index in [9.17, 15) is 4.79 Å².